The number of amides is 2. The summed E-state index contributed by atoms with van der Waals surface area (Å²) in [5.74, 6) is 0.900. The molecule has 1 fully saturated rings. The molecule has 5 nitrogen and oxygen atoms in total. The van der Waals surface area contributed by atoms with Crippen LogP contribution in [0.4, 0.5) is 0 Å². The van der Waals surface area contributed by atoms with E-state index in [0.29, 0.717) is 31.6 Å². The Hall–Kier alpha value is -2.86. The topological polar surface area (TPSA) is 53.8 Å². The summed E-state index contributed by atoms with van der Waals surface area (Å²) in [5.41, 5.74) is 1.61. The summed E-state index contributed by atoms with van der Waals surface area (Å²) in [6.07, 6.45) is 3.16. The summed E-state index contributed by atoms with van der Waals surface area (Å²) in [5, 5.41) is 2.01. The van der Waals surface area contributed by atoms with E-state index in [2.05, 4.69) is 0 Å². The van der Waals surface area contributed by atoms with Crippen LogP contribution in [0.2, 0.25) is 0 Å². The highest BCUT2D eigenvalue weighted by Gasteiger charge is 2.22. The van der Waals surface area contributed by atoms with Crippen LogP contribution in [-0.2, 0) is 24.4 Å². The van der Waals surface area contributed by atoms with Crippen molar-refractivity contribution < 1.29 is 14.0 Å². The molecule has 0 spiro atoms. The van der Waals surface area contributed by atoms with Gasteiger partial charge < -0.3 is 14.2 Å². The zero-order valence-electron chi connectivity index (χ0n) is 15.5. The molecule has 3 aromatic rings. The van der Waals surface area contributed by atoms with Crippen molar-refractivity contribution in [3.63, 3.8) is 0 Å². The molecule has 144 valence electrons. The monoisotopic (exact) mass is 394 g/mol. The number of likely N-dealkylation sites (tertiary alicyclic amines) is 1. The first kappa shape index (κ1) is 18.5. The number of hydrogen-bond donors (Lipinski definition) is 0. The lowest BCUT2D eigenvalue weighted by atomic mass is 10.1. The molecule has 0 saturated carbocycles. The maximum atomic E-state index is 13.3. The quantitative estimate of drug-likeness (QED) is 0.600. The van der Waals surface area contributed by atoms with Gasteiger partial charge in [-0.1, -0.05) is 18.2 Å². The molecule has 4 rings (SSSR count). The third-order valence-corrected chi connectivity index (χ3v) is 5.72. The van der Waals surface area contributed by atoms with Crippen molar-refractivity contribution in [1.82, 2.24) is 9.80 Å². The molecule has 0 N–H and O–H groups in total. The van der Waals surface area contributed by atoms with Crippen molar-refractivity contribution in [3.05, 3.63) is 81.9 Å². The summed E-state index contributed by atoms with van der Waals surface area (Å²) in [4.78, 5) is 29.9. The number of nitrogens with zero attached hydrogens (tertiary/aromatic N) is 2. The van der Waals surface area contributed by atoms with Crippen molar-refractivity contribution in [2.45, 2.75) is 32.5 Å². The van der Waals surface area contributed by atoms with Crippen LogP contribution in [0.15, 0.2) is 64.6 Å². The van der Waals surface area contributed by atoms with E-state index in [1.165, 1.54) is 0 Å². The van der Waals surface area contributed by atoms with E-state index in [0.717, 1.165) is 29.2 Å². The Morgan fingerprint density at radius 2 is 2.07 bits per heavy atom. The van der Waals surface area contributed by atoms with Gasteiger partial charge in [0.05, 0.1) is 19.4 Å². The number of furan rings is 1. The largest absolute Gasteiger partial charge is 0.467 e. The minimum Gasteiger partial charge on any atom is -0.467 e. The molecular weight excluding hydrogens is 372 g/mol. The molecular formula is C22H22N2O3S. The number of thiophene rings is 1. The van der Waals surface area contributed by atoms with Gasteiger partial charge in [-0.25, -0.2) is 0 Å². The second-order valence-corrected chi connectivity index (χ2v) is 7.97. The zero-order valence-corrected chi connectivity index (χ0v) is 16.4. The third kappa shape index (κ3) is 4.34. The molecule has 0 aliphatic carbocycles. The Bertz CT molecular complexity index is 898. The number of carbonyl (C=O) groups excluding carboxylic acids is 2. The van der Waals surface area contributed by atoms with Crippen molar-refractivity contribution in [2.75, 3.05) is 6.54 Å². The predicted molar refractivity (Wildman–Crippen MR) is 108 cm³/mol. The van der Waals surface area contributed by atoms with Crippen molar-refractivity contribution in [2.24, 2.45) is 0 Å². The highest BCUT2D eigenvalue weighted by molar-refractivity contribution is 7.09. The third-order valence-electron chi connectivity index (χ3n) is 4.86. The Morgan fingerprint density at radius 1 is 1.14 bits per heavy atom. The Labute approximate surface area is 168 Å². The van der Waals surface area contributed by atoms with Crippen LogP contribution in [0.3, 0.4) is 0 Å². The average Bonchev–Trinajstić information content (AvgIpc) is 3.46. The first-order chi connectivity index (χ1) is 13.7. The molecule has 1 aromatic carbocycles. The van der Waals surface area contributed by atoms with E-state index < -0.39 is 0 Å². The van der Waals surface area contributed by atoms with E-state index >= 15 is 0 Å². The molecule has 3 heterocycles. The fourth-order valence-electron chi connectivity index (χ4n) is 3.46. The van der Waals surface area contributed by atoms with Gasteiger partial charge in [0.15, 0.2) is 0 Å². The lowest BCUT2D eigenvalue weighted by Gasteiger charge is -2.22. The molecule has 0 radical (unpaired) electrons. The smallest absolute Gasteiger partial charge is 0.254 e. The normalized spacial score (nSPS) is 13.9. The van der Waals surface area contributed by atoms with Gasteiger partial charge in [-0.2, -0.15) is 0 Å². The van der Waals surface area contributed by atoms with E-state index in [1.807, 2.05) is 58.8 Å². The summed E-state index contributed by atoms with van der Waals surface area (Å²) >= 11 is 1.63. The number of rotatable bonds is 7. The van der Waals surface area contributed by atoms with Crippen LogP contribution in [0.1, 0.15) is 39.4 Å². The van der Waals surface area contributed by atoms with Crippen molar-refractivity contribution in [3.8, 4) is 0 Å². The molecule has 0 atom stereocenters. The van der Waals surface area contributed by atoms with Gasteiger partial charge in [0.1, 0.15) is 5.76 Å². The highest BCUT2D eigenvalue weighted by atomic mass is 32.1. The highest BCUT2D eigenvalue weighted by Crippen LogP contribution is 2.20. The molecule has 0 unspecified atom stereocenters. The van der Waals surface area contributed by atoms with Gasteiger partial charge in [0, 0.05) is 30.0 Å². The summed E-state index contributed by atoms with van der Waals surface area (Å²) in [6.45, 7) is 2.30. The van der Waals surface area contributed by atoms with Gasteiger partial charge in [0.25, 0.3) is 5.91 Å². The molecule has 6 heteroatoms. The van der Waals surface area contributed by atoms with Gasteiger partial charge in [-0.05, 0) is 47.7 Å². The minimum atomic E-state index is -0.0422. The van der Waals surface area contributed by atoms with Gasteiger partial charge in [-0.15, -0.1) is 11.3 Å². The second-order valence-electron chi connectivity index (χ2n) is 6.94. The first-order valence-electron chi connectivity index (χ1n) is 9.40. The van der Waals surface area contributed by atoms with Gasteiger partial charge in [-0.3, -0.25) is 9.59 Å². The van der Waals surface area contributed by atoms with Crippen molar-refractivity contribution in [1.29, 1.82) is 0 Å². The molecule has 1 aliphatic heterocycles. The molecule has 2 aromatic heterocycles. The van der Waals surface area contributed by atoms with Crippen LogP contribution < -0.4 is 0 Å². The summed E-state index contributed by atoms with van der Waals surface area (Å²) in [7, 11) is 0. The van der Waals surface area contributed by atoms with Crippen molar-refractivity contribution >= 4 is 23.2 Å². The lowest BCUT2D eigenvalue weighted by molar-refractivity contribution is -0.128. The number of carbonyl (C=O) groups is 2. The van der Waals surface area contributed by atoms with E-state index in [1.54, 1.807) is 22.5 Å². The van der Waals surface area contributed by atoms with Gasteiger partial charge in [0.2, 0.25) is 5.91 Å². The van der Waals surface area contributed by atoms with Gasteiger partial charge >= 0.3 is 0 Å². The summed E-state index contributed by atoms with van der Waals surface area (Å²) < 4.78 is 5.46. The maximum Gasteiger partial charge on any atom is 0.254 e. The van der Waals surface area contributed by atoms with Crippen LogP contribution in [0.5, 0.6) is 0 Å². The van der Waals surface area contributed by atoms with E-state index in [-0.39, 0.29) is 11.8 Å². The zero-order chi connectivity index (χ0) is 19.3. The van der Waals surface area contributed by atoms with Crippen LogP contribution in [0.25, 0.3) is 0 Å². The van der Waals surface area contributed by atoms with Crippen LogP contribution in [-0.4, -0.2) is 28.2 Å². The molecule has 2 amide bonds. The maximum absolute atomic E-state index is 13.3. The second kappa shape index (κ2) is 8.44. The van der Waals surface area contributed by atoms with E-state index in [4.69, 9.17) is 4.42 Å². The number of hydrogen-bond acceptors (Lipinski definition) is 4. The fourth-order valence-corrected chi connectivity index (χ4v) is 4.18. The average molecular weight is 394 g/mol. The molecule has 28 heavy (non-hydrogen) atoms. The number of benzene rings is 1. The van der Waals surface area contributed by atoms with Crippen LogP contribution in [0, 0.1) is 0 Å². The Balaban J connectivity index is 1.53. The molecule has 1 aliphatic rings. The lowest BCUT2D eigenvalue weighted by Crippen LogP contribution is -2.30. The molecule has 0 bridgehead atoms. The fraction of sp³-hybridized carbons (Fsp3) is 0.273. The standard InChI is InChI=1S/C22H22N2O3S/c25-21-9-2-10-23(21)14-17-5-1-6-18(13-17)22(26)24(15-19-7-3-11-27-19)16-20-8-4-12-28-20/h1,3-8,11-13H,2,9-10,14-16H2. The Morgan fingerprint density at radius 3 is 2.79 bits per heavy atom. The summed E-state index contributed by atoms with van der Waals surface area (Å²) in [6, 6.07) is 15.3. The predicted octanol–water partition coefficient (Wildman–Crippen LogP) is 4.31. The van der Waals surface area contributed by atoms with E-state index in [9.17, 15) is 9.59 Å². The minimum absolute atomic E-state index is 0.0422. The van der Waals surface area contributed by atoms with Crippen LogP contribution >= 0.6 is 11.3 Å². The molecule has 1 saturated heterocycles. The first-order valence-corrected chi connectivity index (χ1v) is 10.3. The Kier molecular flexibility index (Phi) is 5.58. The SMILES string of the molecule is O=C1CCCN1Cc1cccc(C(=O)N(Cc2ccco2)Cc2cccs2)c1.